The molecule has 196 valence electrons. The van der Waals surface area contributed by atoms with E-state index >= 15 is 0 Å². The van der Waals surface area contributed by atoms with E-state index in [1.807, 2.05) is 56.1 Å². The molecular formula is C30H36N2O4S. The van der Waals surface area contributed by atoms with Gasteiger partial charge < -0.3 is 9.47 Å². The second kappa shape index (κ2) is 11.1. The van der Waals surface area contributed by atoms with Crippen LogP contribution in [0.3, 0.4) is 0 Å². The Morgan fingerprint density at radius 3 is 2.27 bits per heavy atom. The minimum Gasteiger partial charge on any atom is -0.341 e. The van der Waals surface area contributed by atoms with Crippen molar-refractivity contribution in [2.24, 2.45) is 0 Å². The Morgan fingerprint density at radius 2 is 1.65 bits per heavy atom. The maximum absolute atomic E-state index is 13.5. The van der Waals surface area contributed by atoms with Crippen molar-refractivity contribution in [3.8, 4) is 0 Å². The van der Waals surface area contributed by atoms with Crippen LogP contribution in [0.1, 0.15) is 67.3 Å². The van der Waals surface area contributed by atoms with Gasteiger partial charge in [0.1, 0.15) is 0 Å². The minimum atomic E-state index is -3.24. The maximum atomic E-state index is 13.5. The lowest BCUT2D eigenvalue weighted by Gasteiger charge is -2.21. The highest BCUT2D eigenvalue weighted by molar-refractivity contribution is 7.91. The van der Waals surface area contributed by atoms with E-state index in [4.69, 9.17) is 0 Å². The monoisotopic (exact) mass is 520 g/mol. The molecule has 0 aliphatic carbocycles. The van der Waals surface area contributed by atoms with Gasteiger partial charge in [0.2, 0.25) is 5.91 Å². The number of hydrogen-bond donors (Lipinski definition) is 0. The number of pyridine rings is 1. The average molecular weight is 521 g/mol. The predicted molar refractivity (Wildman–Crippen MR) is 147 cm³/mol. The fraction of sp³-hybridized carbons (Fsp3) is 0.400. The fourth-order valence-corrected chi connectivity index (χ4v) is 6.10. The van der Waals surface area contributed by atoms with Gasteiger partial charge in [-0.2, -0.15) is 0 Å². The highest BCUT2D eigenvalue weighted by Crippen LogP contribution is 2.39. The average Bonchev–Trinajstić information content (AvgIpc) is 3.34. The number of nitrogens with zero attached hydrogens (tertiary/aromatic N) is 2. The van der Waals surface area contributed by atoms with Crippen molar-refractivity contribution < 1.29 is 13.2 Å². The summed E-state index contributed by atoms with van der Waals surface area (Å²) in [4.78, 5) is 29.0. The SMILES string of the molecule is CCS(=O)(=O)c1ccc(CCC(=O)N2CC(c3ccccc3)C(c3cc(C)cn(C(C)C)c3=O)C2)cc1. The molecule has 1 amide bonds. The Balaban J connectivity index is 1.56. The summed E-state index contributed by atoms with van der Waals surface area (Å²) >= 11 is 0. The van der Waals surface area contributed by atoms with E-state index < -0.39 is 9.84 Å². The molecule has 0 bridgehead atoms. The van der Waals surface area contributed by atoms with Crippen molar-refractivity contribution in [1.82, 2.24) is 9.47 Å². The van der Waals surface area contributed by atoms with E-state index in [2.05, 4.69) is 12.1 Å². The Bertz CT molecular complexity index is 1410. The van der Waals surface area contributed by atoms with Crippen molar-refractivity contribution in [1.29, 1.82) is 0 Å². The number of amides is 1. The Morgan fingerprint density at radius 1 is 1.00 bits per heavy atom. The molecule has 1 saturated heterocycles. The van der Waals surface area contributed by atoms with Crippen LogP contribution in [0.2, 0.25) is 0 Å². The number of benzene rings is 2. The number of hydrogen-bond acceptors (Lipinski definition) is 4. The van der Waals surface area contributed by atoms with Gasteiger partial charge in [0.05, 0.1) is 10.6 Å². The molecule has 1 aromatic heterocycles. The number of sulfone groups is 1. The normalized spacial score (nSPS) is 17.9. The van der Waals surface area contributed by atoms with Crippen LogP contribution in [-0.4, -0.2) is 42.6 Å². The number of likely N-dealkylation sites (tertiary alicyclic amines) is 1. The van der Waals surface area contributed by atoms with Crippen molar-refractivity contribution in [3.63, 3.8) is 0 Å². The summed E-state index contributed by atoms with van der Waals surface area (Å²) in [6.45, 7) is 8.72. The molecule has 1 aliphatic heterocycles. The van der Waals surface area contributed by atoms with Crippen molar-refractivity contribution >= 4 is 15.7 Å². The van der Waals surface area contributed by atoms with Gasteiger partial charge in [0.15, 0.2) is 9.84 Å². The summed E-state index contributed by atoms with van der Waals surface area (Å²) in [5.41, 5.74) is 3.88. The zero-order chi connectivity index (χ0) is 26.7. The number of carbonyl (C=O) groups excluding carboxylic acids is 1. The zero-order valence-corrected chi connectivity index (χ0v) is 22.9. The predicted octanol–water partition coefficient (Wildman–Crippen LogP) is 4.87. The first-order valence-electron chi connectivity index (χ1n) is 13.0. The molecule has 0 saturated carbocycles. The van der Waals surface area contributed by atoms with Gasteiger partial charge in [0, 0.05) is 49.1 Å². The lowest BCUT2D eigenvalue weighted by Crippen LogP contribution is -2.31. The third kappa shape index (κ3) is 5.87. The summed E-state index contributed by atoms with van der Waals surface area (Å²) in [6.07, 6.45) is 2.77. The highest BCUT2D eigenvalue weighted by Gasteiger charge is 2.38. The summed E-state index contributed by atoms with van der Waals surface area (Å²) < 4.78 is 25.9. The van der Waals surface area contributed by atoms with Crippen LogP contribution in [0.25, 0.3) is 0 Å². The van der Waals surface area contributed by atoms with Crippen molar-refractivity contribution in [2.75, 3.05) is 18.8 Å². The number of carbonyl (C=O) groups is 1. The topological polar surface area (TPSA) is 76.5 Å². The molecule has 2 heterocycles. The maximum Gasteiger partial charge on any atom is 0.254 e. The second-order valence-electron chi connectivity index (χ2n) is 10.2. The molecule has 0 radical (unpaired) electrons. The van der Waals surface area contributed by atoms with Gasteiger partial charge in [0.25, 0.3) is 5.56 Å². The molecule has 2 aromatic carbocycles. The highest BCUT2D eigenvalue weighted by atomic mass is 32.2. The number of aryl methyl sites for hydroxylation is 2. The molecule has 2 unspecified atom stereocenters. The van der Waals surface area contributed by atoms with E-state index in [0.717, 1.165) is 22.3 Å². The standard InChI is InChI=1S/C30H36N2O4S/c1-5-37(35,36)25-14-11-23(12-15-25)13-16-29(33)31-19-27(24-9-7-6-8-10-24)28(20-31)26-17-22(4)18-32(21(2)3)30(26)34/h6-12,14-15,17-18,21,27-28H,5,13,16,19-20H2,1-4H3. The third-order valence-electron chi connectivity index (χ3n) is 7.35. The van der Waals surface area contributed by atoms with Crippen LogP contribution < -0.4 is 5.56 Å². The molecule has 2 atom stereocenters. The second-order valence-corrected chi connectivity index (χ2v) is 12.5. The lowest BCUT2D eigenvalue weighted by molar-refractivity contribution is -0.130. The van der Waals surface area contributed by atoms with E-state index in [1.165, 1.54) is 0 Å². The van der Waals surface area contributed by atoms with Crippen molar-refractivity contribution in [2.45, 2.75) is 63.3 Å². The van der Waals surface area contributed by atoms with Gasteiger partial charge in [-0.25, -0.2) is 8.42 Å². The molecule has 37 heavy (non-hydrogen) atoms. The molecular weight excluding hydrogens is 484 g/mol. The molecule has 0 spiro atoms. The van der Waals surface area contributed by atoms with E-state index in [0.29, 0.717) is 30.8 Å². The van der Waals surface area contributed by atoms with Crippen LogP contribution in [0.4, 0.5) is 0 Å². The summed E-state index contributed by atoms with van der Waals surface area (Å²) in [5.74, 6) is 0.0683. The molecule has 0 N–H and O–H groups in total. The smallest absolute Gasteiger partial charge is 0.254 e. The lowest BCUT2D eigenvalue weighted by atomic mass is 9.84. The van der Waals surface area contributed by atoms with Gasteiger partial charge in [-0.3, -0.25) is 9.59 Å². The quantitative estimate of drug-likeness (QED) is 0.425. The van der Waals surface area contributed by atoms with Gasteiger partial charge >= 0.3 is 0 Å². The Hall–Kier alpha value is -3.19. The first kappa shape index (κ1) is 26.9. The summed E-state index contributed by atoms with van der Waals surface area (Å²) in [7, 11) is -3.24. The molecule has 7 heteroatoms. The summed E-state index contributed by atoms with van der Waals surface area (Å²) in [5, 5.41) is 0. The van der Waals surface area contributed by atoms with Crippen LogP contribution in [0.15, 0.2) is 76.6 Å². The van der Waals surface area contributed by atoms with E-state index in [-0.39, 0.29) is 35.1 Å². The molecule has 6 nitrogen and oxygen atoms in total. The van der Waals surface area contributed by atoms with Crippen LogP contribution >= 0.6 is 0 Å². The molecule has 1 fully saturated rings. The third-order valence-corrected chi connectivity index (χ3v) is 9.10. The largest absolute Gasteiger partial charge is 0.341 e. The first-order valence-corrected chi connectivity index (χ1v) is 14.6. The fourth-order valence-electron chi connectivity index (χ4n) is 5.22. The van der Waals surface area contributed by atoms with Crippen LogP contribution in [-0.2, 0) is 21.1 Å². The van der Waals surface area contributed by atoms with E-state index in [1.54, 1.807) is 35.8 Å². The van der Waals surface area contributed by atoms with Gasteiger partial charge in [-0.1, -0.05) is 49.4 Å². The van der Waals surface area contributed by atoms with Gasteiger partial charge in [-0.05, 0) is 62.1 Å². The Kier molecular flexibility index (Phi) is 8.02. The van der Waals surface area contributed by atoms with E-state index in [9.17, 15) is 18.0 Å². The molecule has 3 aromatic rings. The number of aromatic nitrogens is 1. The molecule has 4 rings (SSSR count). The molecule has 1 aliphatic rings. The summed E-state index contributed by atoms with van der Waals surface area (Å²) in [6, 6.07) is 19.0. The van der Waals surface area contributed by atoms with Crippen molar-refractivity contribution in [3.05, 3.63) is 99.5 Å². The zero-order valence-electron chi connectivity index (χ0n) is 22.1. The number of rotatable bonds is 8. The minimum absolute atomic E-state index is 0.0166. The van der Waals surface area contributed by atoms with Crippen LogP contribution in [0, 0.1) is 6.92 Å². The van der Waals surface area contributed by atoms with Crippen LogP contribution in [0.5, 0.6) is 0 Å². The Labute approximate surface area is 219 Å². The first-order chi connectivity index (χ1) is 17.6. The van der Waals surface area contributed by atoms with Gasteiger partial charge in [-0.15, -0.1) is 0 Å².